The zero-order valence-corrected chi connectivity index (χ0v) is 23.3. The first-order valence-electron chi connectivity index (χ1n) is 14.1. The predicted octanol–water partition coefficient (Wildman–Crippen LogP) is 5.12. The number of hydrogen-bond donors (Lipinski definition) is 1. The number of fused-ring (bicyclic) bond motifs is 6. The van der Waals surface area contributed by atoms with Crippen molar-refractivity contribution in [3.63, 3.8) is 0 Å². The number of aliphatic imine (C=N–C) groups is 1. The van der Waals surface area contributed by atoms with Gasteiger partial charge in [0.05, 0.1) is 18.8 Å². The van der Waals surface area contributed by atoms with Crippen LogP contribution in [-0.2, 0) is 9.53 Å². The van der Waals surface area contributed by atoms with Crippen LogP contribution in [0.25, 0.3) is 0 Å². The minimum atomic E-state index is -0.351. The van der Waals surface area contributed by atoms with Gasteiger partial charge in [-0.05, 0) is 75.8 Å². The van der Waals surface area contributed by atoms with Crippen molar-refractivity contribution >= 4 is 11.7 Å². The summed E-state index contributed by atoms with van der Waals surface area (Å²) in [5.41, 5.74) is 1.29. The molecule has 0 aromatic carbocycles. The Balaban J connectivity index is 1.48. The summed E-state index contributed by atoms with van der Waals surface area (Å²) in [4.78, 5) is 21.2. The van der Waals surface area contributed by atoms with Crippen molar-refractivity contribution in [3.8, 4) is 0 Å². The number of carbonyl (C=O) groups excluding carboxylic acids is 1. The third kappa shape index (κ3) is 3.54. The Morgan fingerprint density at radius 2 is 1.86 bits per heavy atom. The molecule has 35 heavy (non-hydrogen) atoms. The van der Waals surface area contributed by atoms with E-state index >= 15 is 0 Å². The molecule has 0 bridgehead atoms. The maximum Gasteiger partial charge on any atom is 0.186 e. The van der Waals surface area contributed by atoms with Crippen molar-refractivity contribution in [2.45, 2.75) is 98.3 Å². The molecule has 0 aromatic rings. The van der Waals surface area contributed by atoms with E-state index in [1.807, 2.05) is 0 Å². The standard InChI is InChI=1S/C30H48N2O3/c1-17(2)27-31-25-12-9-19-13-20-22(11-10-21(19)28(25,4)16-35-27)29(5)15-24(34)26(18(3)32(7)8)30(29,6)14-23(20)33/h9,17-18,20-22,24-26,34H,10-16H2,1-8H3/t18-,20?,21?,22?,24+,25-,26-,28-,29-,30+/m0/s1. The van der Waals surface area contributed by atoms with Gasteiger partial charge in [-0.1, -0.05) is 46.3 Å². The van der Waals surface area contributed by atoms with Crippen LogP contribution in [0.4, 0.5) is 0 Å². The van der Waals surface area contributed by atoms with Crippen LogP contribution in [0.5, 0.6) is 0 Å². The second-order valence-corrected chi connectivity index (χ2v) is 14.0. The Labute approximate surface area is 212 Å². The maximum absolute atomic E-state index is 13.9. The molecule has 3 saturated carbocycles. The number of nitrogens with zero attached hydrogens (tertiary/aromatic N) is 2. The highest BCUT2D eigenvalue weighted by atomic mass is 16.5. The number of aliphatic hydroxyl groups is 1. The lowest BCUT2D eigenvalue weighted by Gasteiger charge is -2.56. The minimum Gasteiger partial charge on any atom is -0.480 e. The van der Waals surface area contributed by atoms with Crippen LogP contribution >= 0.6 is 0 Å². The van der Waals surface area contributed by atoms with E-state index in [4.69, 9.17) is 9.73 Å². The lowest BCUT2D eigenvalue weighted by atomic mass is 9.48. The van der Waals surface area contributed by atoms with E-state index in [1.165, 1.54) is 5.57 Å². The first-order valence-corrected chi connectivity index (χ1v) is 14.1. The summed E-state index contributed by atoms with van der Waals surface area (Å²) in [6.45, 7) is 14.4. The molecule has 0 radical (unpaired) electrons. The normalized spacial score (nSPS) is 48.1. The fourth-order valence-electron chi connectivity index (χ4n) is 9.41. The fourth-order valence-corrected chi connectivity index (χ4v) is 9.41. The van der Waals surface area contributed by atoms with Gasteiger partial charge in [-0.2, -0.15) is 0 Å². The Morgan fingerprint density at radius 3 is 2.51 bits per heavy atom. The molecule has 5 rings (SSSR count). The predicted molar refractivity (Wildman–Crippen MR) is 140 cm³/mol. The molecule has 5 heteroatoms. The molecular formula is C30H48N2O3. The number of allylic oxidation sites excluding steroid dienone is 1. The average molecular weight is 485 g/mol. The molecule has 3 unspecified atom stereocenters. The topological polar surface area (TPSA) is 62.1 Å². The molecule has 5 aliphatic rings. The quantitative estimate of drug-likeness (QED) is 0.565. The summed E-state index contributed by atoms with van der Waals surface area (Å²) in [5, 5.41) is 11.4. The van der Waals surface area contributed by atoms with Gasteiger partial charge >= 0.3 is 0 Å². The van der Waals surface area contributed by atoms with Crippen LogP contribution in [0.1, 0.15) is 80.1 Å². The van der Waals surface area contributed by atoms with Gasteiger partial charge in [-0.15, -0.1) is 0 Å². The van der Waals surface area contributed by atoms with E-state index < -0.39 is 0 Å². The van der Waals surface area contributed by atoms with E-state index in [9.17, 15) is 9.90 Å². The van der Waals surface area contributed by atoms with Crippen molar-refractivity contribution in [1.29, 1.82) is 0 Å². The van der Waals surface area contributed by atoms with E-state index in [0.717, 1.165) is 44.6 Å². The zero-order valence-electron chi connectivity index (χ0n) is 23.3. The van der Waals surface area contributed by atoms with Gasteiger partial charge in [0, 0.05) is 35.6 Å². The molecule has 3 fully saturated rings. The number of aliphatic hydroxyl groups excluding tert-OH is 1. The van der Waals surface area contributed by atoms with E-state index in [1.54, 1.807) is 0 Å². The third-order valence-electron chi connectivity index (χ3n) is 11.8. The molecule has 4 aliphatic carbocycles. The van der Waals surface area contributed by atoms with Crippen LogP contribution in [0.3, 0.4) is 0 Å². The van der Waals surface area contributed by atoms with Gasteiger partial charge < -0.3 is 14.7 Å². The van der Waals surface area contributed by atoms with Gasteiger partial charge in [0.25, 0.3) is 0 Å². The van der Waals surface area contributed by atoms with Crippen molar-refractivity contribution in [2.75, 3.05) is 20.7 Å². The molecular weight excluding hydrogens is 436 g/mol. The molecule has 1 N–H and O–H groups in total. The summed E-state index contributed by atoms with van der Waals surface area (Å²) in [6.07, 6.45) is 7.52. The highest BCUT2D eigenvalue weighted by Crippen LogP contribution is 2.69. The number of hydrogen-bond acceptors (Lipinski definition) is 5. The number of Topliss-reactive ketones (excluding diaryl/α,β-unsaturated/α-hetero) is 1. The van der Waals surface area contributed by atoms with Crippen LogP contribution < -0.4 is 0 Å². The molecule has 5 nitrogen and oxygen atoms in total. The Morgan fingerprint density at radius 1 is 1.14 bits per heavy atom. The van der Waals surface area contributed by atoms with Crippen molar-refractivity contribution in [3.05, 3.63) is 11.6 Å². The summed E-state index contributed by atoms with van der Waals surface area (Å²) >= 11 is 0. The van der Waals surface area contributed by atoms with Crippen LogP contribution in [0.2, 0.25) is 0 Å². The van der Waals surface area contributed by atoms with Gasteiger partial charge in [0.1, 0.15) is 5.78 Å². The first kappa shape index (κ1) is 25.4. The summed E-state index contributed by atoms with van der Waals surface area (Å²) in [6, 6.07) is 0.516. The summed E-state index contributed by atoms with van der Waals surface area (Å²) in [7, 11) is 4.20. The molecule has 0 spiro atoms. The number of ether oxygens (including phenoxy) is 1. The molecule has 0 aromatic heterocycles. The first-order chi connectivity index (χ1) is 16.3. The second-order valence-electron chi connectivity index (χ2n) is 14.0. The molecule has 10 atom stereocenters. The van der Waals surface area contributed by atoms with Crippen molar-refractivity contribution < 1.29 is 14.6 Å². The Kier molecular flexibility index (Phi) is 6.12. The Hall–Kier alpha value is -1.20. The maximum atomic E-state index is 13.9. The van der Waals surface area contributed by atoms with Gasteiger partial charge in [-0.25, -0.2) is 0 Å². The third-order valence-corrected chi connectivity index (χ3v) is 11.8. The SMILES string of the molecule is CC(C)C1=N[C@H]2CC=C3CC4C(=O)C[C@]5(C)[C@@H]([C@H](C)N(C)C)[C@H](O)C[C@@]5(C)C4CCC3[C@]2(C)CO1. The highest BCUT2D eigenvalue weighted by Gasteiger charge is 2.68. The molecule has 0 saturated heterocycles. The molecule has 196 valence electrons. The average Bonchev–Trinajstić information content (AvgIpc) is 2.91. The summed E-state index contributed by atoms with van der Waals surface area (Å²) in [5.74, 6) is 2.63. The zero-order chi connectivity index (χ0) is 25.5. The lowest BCUT2D eigenvalue weighted by Crippen LogP contribution is -2.55. The van der Waals surface area contributed by atoms with E-state index in [2.05, 4.69) is 66.6 Å². The van der Waals surface area contributed by atoms with Crippen LogP contribution in [0.15, 0.2) is 16.6 Å². The molecule has 1 heterocycles. The van der Waals surface area contributed by atoms with E-state index in [0.29, 0.717) is 30.0 Å². The highest BCUT2D eigenvalue weighted by molar-refractivity contribution is 5.84. The number of carbonyl (C=O) groups is 1. The van der Waals surface area contributed by atoms with Gasteiger partial charge in [0.15, 0.2) is 5.90 Å². The van der Waals surface area contributed by atoms with E-state index in [-0.39, 0.29) is 46.3 Å². The lowest BCUT2D eigenvalue weighted by molar-refractivity contribution is -0.147. The Bertz CT molecular complexity index is 940. The van der Waals surface area contributed by atoms with Crippen LogP contribution in [-0.4, -0.2) is 60.6 Å². The number of ketones is 1. The van der Waals surface area contributed by atoms with Crippen molar-refractivity contribution in [2.24, 2.45) is 50.8 Å². The smallest absolute Gasteiger partial charge is 0.186 e. The number of rotatable bonds is 3. The molecule has 1 aliphatic heterocycles. The van der Waals surface area contributed by atoms with Gasteiger partial charge in [0.2, 0.25) is 0 Å². The second kappa shape index (κ2) is 8.41. The fraction of sp³-hybridized carbons (Fsp3) is 0.867. The van der Waals surface area contributed by atoms with Gasteiger partial charge in [-0.3, -0.25) is 9.79 Å². The molecule has 0 amide bonds. The largest absolute Gasteiger partial charge is 0.480 e. The monoisotopic (exact) mass is 484 g/mol. The minimum absolute atomic E-state index is 0.000382. The summed E-state index contributed by atoms with van der Waals surface area (Å²) < 4.78 is 6.24. The van der Waals surface area contributed by atoms with Crippen molar-refractivity contribution in [1.82, 2.24) is 4.90 Å². The van der Waals surface area contributed by atoms with Crippen LogP contribution in [0, 0.1) is 45.8 Å².